The predicted octanol–water partition coefficient (Wildman–Crippen LogP) is 6.41. The number of hydrogen-bond acceptors (Lipinski definition) is 4. The summed E-state index contributed by atoms with van der Waals surface area (Å²) < 4.78 is 0. The van der Waals surface area contributed by atoms with Gasteiger partial charge in [-0.15, -0.1) is 0 Å². The summed E-state index contributed by atoms with van der Waals surface area (Å²) in [5.41, 5.74) is 5.49. The minimum Gasteiger partial charge on any atom is -0.481 e. The van der Waals surface area contributed by atoms with Crippen molar-refractivity contribution in [3.05, 3.63) is 106 Å². The summed E-state index contributed by atoms with van der Waals surface area (Å²) in [7, 11) is 0. The van der Waals surface area contributed by atoms with Gasteiger partial charge in [0, 0.05) is 29.1 Å². The van der Waals surface area contributed by atoms with Crippen LogP contribution in [0.4, 0.5) is 11.4 Å². The number of aliphatic carboxylic acids is 1. The van der Waals surface area contributed by atoms with Crippen LogP contribution >= 0.6 is 11.6 Å². The van der Waals surface area contributed by atoms with Gasteiger partial charge in [-0.25, -0.2) is 0 Å². The number of nitrogens with zero attached hydrogens (tertiary/aromatic N) is 1. The van der Waals surface area contributed by atoms with Crippen LogP contribution in [-0.4, -0.2) is 22.8 Å². The third-order valence-corrected chi connectivity index (χ3v) is 7.26. The summed E-state index contributed by atoms with van der Waals surface area (Å²) >= 11 is 6.25. The lowest BCUT2D eigenvalue weighted by Gasteiger charge is -2.35. The van der Waals surface area contributed by atoms with E-state index in [4.69, 9.17) is 11.6 Å². The highest BCUT2D eigenvalue weighted by molar-refractivity contribution is 6.30. The summed E-state index contributed by atoms with van der Waals surface area (Å²) in [6, 6.07) is 22.1. The van der Waals surface area contributed by atoms with Gasteiger partial charge < -0.3 is 10.4 Å². The molecule has 0 fully saturated rings. The largest absolute Gasteiger partial charge is 0.481 e. The maximum atomic E-state index is 13.9. The molecule has 0 aromatic heterocycles. The Kier molecular flexibility index (Phi) is 6.85. The van der Waals surface area contributed by atoms with Crippen molar-refractivity contribution in [2.45, 2.75) is 44.6 Å². The van der Waals surface area contributed by atoms with Crippen LogP contribution in [-0.2, 0) is 14.4 Å². The summed E-state index contributed by atoms with van der Waals surface area (Å²) in [6.45, 7) is 1.98. The molecule has 37 heavy (non-hydrogen) atoms. The summed E-state index contributed by atoms with van der Waals surface area (Å²) in [4.78, 5) is 40.5. The van der Waals surface area contributed by atoms with Crippen molar-refractivity contribution in [2.75, 3.05) is 10.2 Å². The number of aryl methyl sites for hydroxylation is 1. The minimum absolute atomic E-state index is 0.0480. The van der Waals surface area contributed by atoms with Gasteiger partial charge >= 0.3 is 5.97 Å². The van der Waals surface area contributed by atoms with E-state index in [-0.39, 0.29) is 36.9 Å². The number of nitrogens with one attached hydrogen (secondary N) is 1. The molecule has 0 bridgehead atoms. The highest BCUT2D eigenvalue weighted by Gasteiger charge is 2.41. The summed E-state index contributed by atoms with van der Waals surface area (Å²) in [6.07, 6.45) is 0.405. The maximum Gasteiger partial charge on any atom is 0.303 e. The molecule has 2 atom stereocenters. The number of para-hydroxylation sites is 2. The number of hydrogen-bond donors (Lipinski definition) is 2. The molecule has 0 saturated carbocycles. The molecular weight excluding hydrogens is 488 g/mol. The number of ketones is 1. The van der Waals surface area contributed by atoms with Gasteiger partial charge in [-0.3, -0.25) is 19.3 Å². The van der Waals surface area contributed by atoms with Crippen molar-refractivity contribution in [1.82, 2.24) is 0 Å². The van der Waals surface area contributed by atoms with Crippen LogP contribution in [0, 0.1) is 6.92 Å². The summed E-state index contributed by atoms with van der Waals surface area (Å²) in [5, 5.41) is 13.4. The van der Waals surface area contributed by atoms with Gasteiger partial charge in [-0.1, -0.05) is 65.7 Å². The van der Waals surface area contributed by atoms with E-state index in [1.54, 1.807) is 4.90 Å². The van der Waals surface area contributed by atoms with Crippen molar-refractivity contribution in [3.8, 4) is 0 Å². The number of anilines is 2. The van der Waals surface area contributed by atoms with Crippen molar-refractivity contribution in [2.24, 2.45) is 0 Å². The van der Waals surface area contributed by atoms with Crippen molar-refractivity contribution >= 4 is 40.6 Å². The molecule has 1 amide bonds. The molecule has 6 nitrogen and oxygen atoms in total. The van der Waals surface area contributed by atoms with Crippen LogP contribution in [0.25, 0.3) is 0 Å². The molecule has 2 N–H and O–H groups in total. The van der Waals surface area contributed by atoms with E-state index in [2.05, 4.69) is 5.32 Å². The smallest absolute Gasteiger partial charge is 0.303 e. The lowest BCUT2D eigenvalue weighted by atomic mass is 9.78. The zero-order valence-corrected chi connectivity index (χ0v) is 21.2. The molecule has 5 rings (SSSR count). The van der Waals surface area contributed by atoms with Gasteiger partial charge in [0.15, 0.2) is 5.78 Å². The molecule has 1 aliphatic carbocycles. The number of Topliss-reactive ketones (excluding diaryl/α,β-unsaturated/α-hetero) is 1. The number of carboxylic acid groups (broad SMARTS) is 1. The zero-order chi connectivity index (χ0) is 26.1. The van der Waals surface area contributed by atoms with Gasteiger partial charge in [0.1, 0.15) is 0 Å². The topological polar surface area (TPSA) is 86.7 Å². The molecule has 3 aromatic rings. The molecule has 7 heteroatoms. The van der Waals surface area contributed by atoms with Crippen LogP contribution in [0.5, 0.6) is 0 Å². The second kappa shape index (κ2) is 10.2. The number of allylic oxidation sites excluding steroid dienone is 1. The van der Waals surface area contributed by atoms with Gasteiger partial charge in [0.2, 0.25) is 5.91 Å². The fourth-order valence-electron chi connectivity index (χ4n) is 5.26. The number of fused-ring (bicyclic) bond motifs is 1. The fraction of sp³-hybridized carbons (Fsp3) is 0.233. The number of rotatable bonds is 5. The number of benzene rings is 3. The van der Waals surface area contributed by atoms with E-state index in [9.17, 15) is 19.5 Å². The molecule has 2 aliphatic rings. The number of carbonyl (C=O) groups excluding carboxylic acids is 2. The zero-order valence-electron chi connectivity index (χ0n) is 20.4. The Morgan fingerprint density at radius 1 is 0.973 bits per heavy atom. The van der Waals surface area contributed by atoms with Crippen LogP contribution in [0.15, 0.2) is 84.1 Å². The van der Waals surface area contributed by atoms with E-state index in [1.807, 2.05) is 79.7 Å². The van der Waals surface area contributed by atoms with Crippen molar-refractivity contribution < 1.29 is 19.5 Å². The van der Waals surface area contributed by atoms with Crippen molar-refractivity contribution in [1.29, 1.82) is 0 Å². The van der Waals surface area contributed by atoms with Crippen LogP contribution in [0.1, 0.15) is 54.3 Å². The van der Waals surface area contributed by atoms with E-state index < -0.39 is 12.0 Å². The molecule has 0 spiro atoms. The van der Waals surface area contributed by atoms with Crippen molar-refractivity contribution in [3.63, 3.8) is 0 Å². The van der Waals surface area contributed by atoms with Crippen LogP contribution in [0.2, 0.25) is 5.02 Å². The number of carbonyl (C=O) groups is 3. The second-order valence-electron chi connectivity index (χ2n) is 9.59. The van der Waals surface area contributed by atoms with Gasteiger partial charge in [0.25, 0.3) is 0 Å². The quantitative estimate of drug-likeness (QED) is 0.410. The number of carboxylic acids is 1. The predicted molar refractivity (Wildman–Crippen MR) is 144 cm³/mol. The first kappa shape index (κ1) is 24.8. The van der Waals surface area contributed by atoms with E-state index in [0.29, 0.717) is 28.4 Å². The Bertz CT molecular complexity index is 1410. The Morgan fingerprint density at radius 3 is 2.46 bits per heavy atom. The fourth-order valence-corrected chi connectivity index (χ4v) is 5.46. The lowest BCUT2D eigenvalue weighted by Crippen LogP contribution is -2.38. The summed E-state index contributed by atoms with van der Waals surface area (Å²) in [5.74, 6) is -1.49. The van der Waals surface area contributed by atoms with Gasteiger partial charge in [-0.2, -0.15) is 0 Å². The maximum absolute atomic E-state index is 13.9. The molecular formula is C30H27ClN2O4. The molecule has 3 aromatic carbocycles. The first-order chi connectivity index (χ1) is 17.8. The molecule has 2 unspecified atom stereocenters. The number of amides is 1. The average Bonchev–Trinajstić information content (AvgIpc) is 3.02. The monoisotopic (exact) mass is 514 g/mol. The molecule has 188 valence electrons. The molecule has 0 saturated heterocycles. The Labute approximate surface area is 220 Å². The van der Waals surface area contributed by atoms with Gasteiger partial charge in [-0.05, 0) is 54.7 Å². The number of halogens is 1. The first-order valence-corrected chi connectivity index (χ1v) is 12.7. The Hall–Kier alpha value is -3.90. The SMILES string of the molecule is Cc1ccc(C2C3=C(CC(c4cccc(Cl)c4)CC3=O)Nc3ccccc3N2C(=O)CCC(=O)O)cc1. The Morgan fingerprint density at radius 2 is 1.73 bits per heavy atom. The van der Waals surface area contributed by atoms with E-state index in [0.717, 1.165) is 22.4 Å². The third kappa shape index (κ3) is 5.02. The lowest BCUT2D eigenvalue weighted by molar-refractivity contribution is -0.138. The van der Waals surface area contributed by atoms with Crippen LogP contribution in [0.3, 0.4) is 0 Å². The highest BCUT2D eigenvalue weighted by atomic mass is 35.5. The standard InChI is InChI=1S/C30H27ClN2O4/c1-18-9-11-19(12-10-18)30-29-24(16-21(17-26(29)34)20-5-4-6-22(31)15-20)32-23-7-2-3-8-25(23)33(30)27(35)13-14-28(36)37/h2-12,15,21,30,32H,13-14,16-17H2,1H3,(H,36,37). The second-order valence-corrected chi connectivity index (χ2v) is 10.0. The average molecular weight is 515 g/mol. The minimum atomic E-state index is -1.04. The Balaban J connectivity index is 1.68. The van der Waals surface area contributed by atoms with Gasteiger partial charge in [0.05, 0.1) is 23.8 Å². The molecule has 1 heterocycles. The first-order valence-electron chi connectivity index (χ1n) is 12.3. The molecule has 1 aliphatic heterocycles. The van der Waals surface area contributed by atoms with Crippen LogP contribution < -0.4 is 10.2 Å². The van der Waals surface area contributed by atoms with E-state index in [1.165, 1.54) is 0 Å². The highest BCUT2D eigenvalue weighted by Crippen LogP contribution is 2.47. The normalized spacial score (nSPS) is 19.0. The molecule has 0 radical (unpaired) electrons. The van der Waals surface area contributed by atoms with E-state index >= 15 is 0 Å². The third-order valence-electron chi connectivity index (χ3n) is 7.02.